The van der Waals surface area contributed by atoms with Crippen LogP contribution in [0.2, 0.25) is 0 Å². The molecule has 0 bridgehead atoms. The number of nitro groups is 1. The molecule has 0 aliphatic carbocycles. The van der Waals surface area contributed by atoms with Gasteiger partial charge in [0.2, 0.25) is 0 Å². The number of hydrogen-bond acceptors (Lipinski definition) is 7. The minimum absolute atomic E-state index is 0.142. The van der Waals surface area contributed by atoms with Gasteiger partial charge in [-0.25, -0.2) is 0 Å². The van der Waals surface area contributed by atoms with Crippen molar-refractivity contribution in [1.82, 2.24) is 0 Å². The lowest BCUT2D eigenvalue weighted by Crippen LogP contribution is -2.14. The fraction of sp³-hybridized carbons (Fsp3) is 0. The van der Waals surface area contributed by atoms with Gasteiger partial charge in [0.1, 0.15) is 22.3 Å². The Kier molecular flexibility index (Phi) is 7.22. The van der Waals surface area contributed by atoms with E-state index in [0.717, 1.165) is 24.3 Å². The largest absolute Gasteiger partial charge is 0.378 e. The molecule has 0 aromatic heterocycles. The lowest BCUT2D eigenvalue weighted by molar-refractivity contribution is -0.384. The zero-order valence-corrected chi connectivity index (χ0v) is 19.0. The minimum atomic E-state index is -4.35. The second-order valence-corrected chi connectivity index (χ2v) is 8.92. The first-order valence-electron chi connectivity index (χ1n) is 9.16. The maximum Gasteiger partial charge on any atom is 0.339 e. The van der Waals surface area contributed by atoms with Crippen molar-refractivity contribution in [2.45, 2.75) is 4.90 Å². The first-order valence-corrected chi connectivity index (χ1v) is 11.4. The molecular weight excluding hydrogens is 514 g/mol. The molecule has 1 amide bonds. The fourth-order valence-corrected chi connectivity index (χ4v) is 3.97. The topological polar surface area (TPSA) is 139 Å². The Hall–Kier alpha value is -4.01. The number of anilines is 1. The molecule has 11 heteroatoms. The van der Waals surface area contributed by atoms with E-state index >= 15 is 0 Å². The van der Waals surface area contributed by atoms with Crippen LogP contribution in [0.15, 0.2) is 87.7 Å². The van der Waals surface area contributed by atoms with E-state index in [1.54, 1.807) is 36.4 Å². The number of halogens is 1. The molecule has 0 atom stereocenters. The number of nitriles is 1. The van der Waals surface area contributed by atoms with Gasteiger partial charge in [0.15, 0.2) is 0 Å². The maximum absolute atomic E-state index is 12.7. The SMILES string of the molecule is N#C/C(=C\c1cc(Br)ccc1OS(=O)(=O)c1ccc([N+](=O)[O-])cc1)C(=O)Nc1ccccc1. The molecule has 33 heavy (non-hydrogen) atoms. The van der Waals surface area contributed by atoms with Gasteiger partial charge < -0.3 is 9.50 Å². The van der Waals surface area contributed by atoms with E-state index in [9.17, 15) is 28.6 Å². The van der Waals surface area contributed by atoms with Crippen molar-refractivity contribution in [1.29, 1.82) is 5.26 Å². The van der Waals surface area contributed by atoms with Gasteiger partial charge in [0.25, 0.3) is 11.6 Å². The predicted molar refractivity (Wildman–Crippen MR) is 124 cm³/mol. The van der Waals surface area contributed by atoms with Gasteiger partial charge in [-0.2, -0.15) is 13.7 Å². The first kappa shape index (κ1) is 23.6. The van der Waals surface area contributed by atoms with Crippen molar-refractivity contribution in [2.24, 2.45) is 0 Å². The fourth-order valence-electron chi connectivity index (χ4n) is 2.63. The molecule has 0 aliphatic rings. The average Bonchev–Trinajstić information content (AvgIpc) is 2.79. The lowest BCUT2D eigenvalue weighted by atomic mass is 10.1. The quantitative estimate of drug-likeness (QED) is 0.155. The van der Waals surface area contributed by atoms with Gasteiger partial charge in [0, 0.05) is 27.9 Å². The van der Waals surface area contributed by atoms with Crippen molar-refractivity contribution in [2.75, 3.05) is 5.32 Å². The standard InChI is InChI=1S/C22H14BrN3O6S/c23-17-6-11-21(32-33(30,31)20-9-7-19(8-10-20)26(28)29)15(13-17)12-16(14-24)22(27)25-18-4-2-1-3-5-18/h1-13H,(H,25,27)/b16-12+. The number of amides is 1. The number of hydrogen-bond donors (Lipinski definition) is 1. The summed E-state index contributed by atoms with van der Waals surface area (Å²) in [6.45, 7) is 0. The summed E-state index contributed by atoms with van der Waals surface area (Å²) >= 11 is 3.26. The van der Waals surface area contributed by atoms with E-state index in [2.05, 4.69) is 21.2 Å². The maximum atomic E-state index is 12.7. The van der Waals surface area contributed by atoms with E-state index in [0.29, 0.717) is 10.2 Å². The second kappa shape index (κ2) is 10.1. The Morgan fingerprint density at radius 1 is 1.09 bits per heavy atom. The molecule has 0 saturated carbocycles. The number of non-ortho nitro benzene ring substituents is 1. The van der Waals surface area contributed by atoms with E-state index in [1.807, 2.05) is 0 Å². The molecule has 0 radical (unpaired) electrons. The number of para-hydroxylation sites is 1. The van der Waals surface area contributed by atoms with Crippen molar-refractivity contribution in [3.05, 3.63) is 98.5 Å². The van der Waals surface area contributed by atoms with Crippen LogP contribution < -0.4 is 9.50 Å². The van der Waals surface area contributed by atoms with Crippen LogP contribution >= 0.6 is 15.9 Å². The van der Waals surface area contributed by atoms with Crippen LogP contribution in [-0.2, 0) is 14.9 Å². The summed E-state index contributed by atoms with van der Waals surface area (Å²) in [4.78, 5) is 22.3. The predicted octanol–water partition coefficient (Wildman–Crippen LogP) is 4.67. The van der Waals surface area contributed by atoms with Crippen LogP contribution in [-0.4, -0.2) is 19.2 Å². The van der Waals surface area contributed by atoms with Crippen molar-refractivity contribution < 1.29 is 22.3 Å². The molecule has 3 aromatic carbocycles. The van der Waals surface area contributed by atoms with Gasteiger partial charge in [-0.05, 0) is 48.5 Å². The molecule has 0 aliphatic heterocycles. The van der Waals surface area contributed by atoms with E-state index < -0.39 is 20.9 Å². The smallest absolute Gasteiger partial charge is 0.339 e. The zero-order chi connectivity index (χ0) is 24.0. The number of rotatable bonds is 7. The third kappa shape index (κ3) is 6.03. The highest BCUT2D eigenvalue weighted by atomic mass is 79.9. The van der Waals surface area contributed by atoms with Gasteiger partial charge in [-0.15, -0.1) is 0 Å². The van der Waals surface area contributed by atoms with Gasteiger partial charge in [-0.3, -0.25) is 14.9 Å². The van der Waals surface area contributed by atoms with E-state index in [1.165, 1.54) is 24.3 Å². The van der Waals surface area contributed by atoms with Gasteiger partial charge in [-0.1, -0.05) is 34.1 Å². The summed E-state index contributed by atoms with van der Waals surface area (Å²) < 4.78 is 31.1. The van der Waals surface area contributed by atoms with Crippen LogP contribution in [0.4, 0.5) is 11.4 Å². The Bertz CT molecular complexity index is 1380. The summed E-state index contributed by atoms with van der Waals surface area (Å²) in [6.07, 6.45) is 1.20. The number of carbonyl (C=O) groups excluding carboxylic acids is 1. The summed E-state index contributed by atoms with van der Waals surface area (Å²) in [6, 6.07) is 18.8. The van der Waals surface area contributed by atoms with Crippen LogP contribution in [0.1, 0.15) is 5.56 Å². The summed E-state index contributed by atoms with van der Waals surface area (Å²) in [5, 5.41) is 22.8. The molecule has 3 aromatic rings. The van der Waals surface area contributed by atoms with Crippen LogP contribution in [0, 0.1) is 21.4 Å². The van der Waals surface area contributed by atoms with E-state index in [4.69, 9.17) is 4.18 Å². The second-order valence-electron chi connectivity index (χ2n) is 6.46. The minimum Gasteiger partial charge on any atom is -0.378 e. The Morgan fingerprint density at radius 2 is 1.76 bits per heavy atom. The molecule has 3 rings (SSSR count). The Balaban J connectivity index is 1.93. The summed E-state index contributed by atoms with van der Waals surface area (Å²) in [5.41, 5.74) is 0.0728. The van der Waals surface area contributed by atoms with E-state index in [-0.39, 0.29) is 27.5 Å². The third-order valence-electron chi connectivity index (χ3n) is 4.20. The van der Waals surface area contributed by atoms with Crippen LogP contribution in [0.3, 0.4) is 0 Å². The Morgan fingerprint density at radius 3 is 2.36 bits per heavy atom. The van der Waals surface area contributed by atoms with Crippen LogP contribution in [0.25, 0.3) is 6.08 Å². The highest BCUT2D eigenvalue weighted by Crippen LogP contribution is 2.29. The van der Waals surface area contributed by atoms with Crippen molar-refractivity contribution in [3.8, 4) is 11.8 Å². The highest BCUT2D eigenvalue weighted by Gasteiger charge is 2.20. The third-order valence-corrected chi connectivity index (χ3v) is 5.95. The molecule has 0 fully saturated rings. The number of nitrogens with zero attached hydrogens (tertiary/aromatic N) is 2. The van der Waals surface area contributed by atoms with Gasteiger partial charge >= 0.3 is 10.1 Å². The molecule has 166 valence electrons. The number of nitrogens with one attached hydrogen (secondary N) is 1. The van der Waals surface area contributed by atoms with Crippen molar-refractivity contribution >= 4 is 49.4 Å². The number of nitro benzene ring substituents is 1. The first-order chi connectivity index (χ1) is 15.7. The summed E-state index contributed by atoms with van der Waals surface area (Å²) in [5.74, 6) is -0.829. The Labute approximate surface area is 197 Å². The molecule has 0 saturated heterocycles. The van der Waals surface area contributed by atoms with Crippen molar-refractivity contribution in [3.63, 3.8) is 0 Å². The number of benzene rings is 3. The molecule has 1 N–H and O–H groups in total. The monoisotopic (exact) mass is 527 g/mol. The molecule has 0 heterocycles. The lowest BCUT2D eigenvalue weighted by Gasteiger charge is -2.11. The molecule has 9 nitrogen and oxygen atoms in total. The van der Waals surface area contributed by atoms with Gasteiger partial charge in [0.05, 0.1) is 4.92 Å². The number of carbonyl (C=O) groups is 1. The average molecular weight is 528 g/mol. The van der Waals surface area contributed by atoms with Crippen LogP contribution in [0.5, 0.6) is 5.75 Å². The molecule has 0 spiro atoms. The molecular formula is C22H14BrN3O6S. The zero-order valence-electron chi connectivity index (χ0n) is 16.6. The highest BCUT2D eigenvalue weighted by molar-refractivity contribution is 9.10. The summed E-state index contributed by atoms with van der Waals surface area (Å²) in [7, 11) is -4.35. The molecule has 0 unspecified atom stereocenters. The normalized spacial score (nSPS) is 11.3.